The maximum Gasteiger partial charge on any atom is 0.191 e. The van der Waals surface area contributed by atoms with Gasteiger partial charge in [-0.05, 0) is 24.1 Å². The molecule has 3 heterocycles. The van der Waals surface area contributed by atoms with Crippen LogP contribution >= 0.6 is 11.8 Å². The van der Waals surface area contributed by atoms with Crippen molar-refractivity contribution in [2.45, 2.75) is 49.6 Å². The molecule has 0 saturated carbocycles. The molecule has 0 bridgehead atoms. The Bertz CT molecular complexity index is 1050. The third-order valence-corrected chi connectivity index (χ3v) is 6.30. The van der Waals surface area contributed by atoms with Crippen LogP contribution < -0.4 is 10.1 Å². The zero-order valence-corrected chi connectivity index (χ0v) is 18.7. The Morgan fingerprint density at radius 2 is 1.97 bits per heavy atom. The van der Waals surface area contributed by atoms with Gasteiger partial charge in [0.25, 0.3) is 0 Å². The van der Waals surface area contributed by atoms with E-state index >= 15 is 0 Å². The number of rotatable bonds is 9. The number of ether oxygens (including phenoxy) is 2. The maximum atomic E-state index is 10.5. The minimum Gasteiger partial charge on any atom is -0.497 e. The summed E-state index contributed by atoms with van der Waals surface area (Å²) in [4.78, 5) is 13.7. The first kappa shape index (κ1) is 22.7. The molecule has 1 aromatic carbocycles. The Morgan fingerprint density at radius 1 is 1.19 bits per heavy atom. The lowest BCUT2D eigenvalue weighted by atomic mass is 10.1. The summed E-state index contributed by atoms with van der Waals surface area (Å²) in [6.07, 6.45) is -1.74. The standard InChI is InChI=1S/C21H27N5O5S/c1-3-8-32-21-24-18(22-9-12-4-6-13(30-2)7-5-12)15-19(25-21)26(11-23-15)20-17(29)16(28)14(10-27)31-20/h4-7,11,14,16-17,20,27-29H,3,8-10H2,1-2H3,(H,22,24,25)/t14-,16-,17-,20-/m1/s1. The highest BCUT2D eigenvalue weighted by Gasteiger charge is 2.44. The molecule has 0 aliphatic carbocycles. The summed E-state index contributed by atoms with van der Waals surface area (Å²) < 4.78 is 12.5. The van der Waals surface area contributed by atoms with Crippen LogP contribution in [0.15, 0.2) is 35.7 Å². The van der Waals surface area contributed by atoms with E-state index in [4.69, 9.17) is 9.47 Å². The molecule has 4 N–H and O–H groups in total. The van der Waals surface area contributed by atoms with E-state index in [9.17, 15) is 15.3 Å². The maximum absolute atomic E-state index is 10.5. The Balaban J connectivity index is 1.65. The molecule has 3 aromatic rings. The summed E-state index contributed by atoms with van der Waals surface area (Å²) in [6, 6.07) is 7.72. The number of nitrogens with one attached hydrogen (secondary N) is 1. The summed E-state index contributed by atoms with van der Waals surface area (Å²) in [5, 5.41) is 33.9. The number of nitrogens with zero attached hydrogens (tertiary/aromatic N) is 4. The first-order chi connectivity index (χ1) is 15.5. The van der Waals surface area contributed by atoms with Crippen LogP contribution in [0.4, 0.5) is 5.82 Å². The monoisotopic (exact) mass is 461 g/mol. The highest BCUT2D eigenvalue weighted by molar-refractivity contribution is 7.99. The molecule has 2 aromatic heterocycles. The van der Waals surface area contributed by atoms with Crippen molar-refractivity contribution >= 4 is 28.7 Å². The number of anilines is 1. The van der Waals surface area contributed by atoms with Crippen LogP contribution in [0, 0.1) is 0 Å². The summed E-state index contributed by atoms with van der Waals surface area (Å²) in [5.41, 5.74) is 2.05. The van der Waals surface area contributed by atoms with E-state index in [0.717, 1.165) is 23.5 Å². The molecule has 0 spiro atoms. The number of methoxy groups -OCH3 is 1. The van der Waals surface area contributed by atoms with Gasteiger partial charge in [-0.2, -0.15) is 0 Å². The zero-order chi connectivity index (χ0) is 22.7. The van der Waals surface area contributed by atoms with Crippen molar-refractivity contribution in [3.05, 3.63) is 36.2 Å². The first-order valence-electron chi connectivity index (χ1n) is 10.4. The van der Waals surface area contributed by atoms with Crippen LogP contribution in [0.25, 0.3) is 11.2 Å². The van der Waals surface area contributed by atoms with Crippen LogP contribution in [0.2, 0.25) is 0 Å². The predicted molar refractivity (Wildman–Crippen MR) is 120 cm³/mol. The third kappa shape index (κ3) is 4.52. The third-order valence-electron chi connectivity index (χ3n) is 5.25. The second-order valence-electron chi connectivity index (χ2n) is 7.46. The fourth-order valence-corrected chi connectivity index (χ4v) is 4.20. The van der Waals surface area contributed by atoms with E-state index in [0.29, 0.717) is 28.7 Å². The van der Waals surface area contributed by atoms with Crippen molar-refractivity contribution in [3.8, 4) is 5.75 Å². The van der Waals surface area contributed by atoms with E-state index in [1.807, 2.05) is 24.3 Å². The van der Waals surface area contributed by atoms with Gasteiger partial charge in [-0.25, -0.2) is 15.0 Å². The van der Waals surface area contributed by atoms with Gasteiger partial charge in [0.15, 0.2) is 28.4 Å². The smallest absolute Gasteiger partial charge is 0.191 e. The summed E-state index contributed by atoms with van der Waals surface area (Å²) in [7, 11) is 1.63. The molecule has 1 aliphatic heterocycles. The SMILES string of the molecule is CCCSc1nc(NCc2ccc(OC)cc2)c2ncn([C@@H]3O[C@H](CO)[C@@H](O)[C@H]3O)c2n1. The van der Waals surface area contributed by atoms with Crippen molar-refractivity contribution in [3.63, 3.8) is 0 Å². The fraction of sp³-hybridized carbons (Fsp3) is 0.476. The predicted octanol–water partition coefficient (Wildman–Crippen LogP) is 1.56. The van der Waals surface area contributed by atoms with E-state index in [1.165, 1.54) is 18.1 Å². The van der Waals surface area contributed by atoms with Gasteiger partial charge in [0.05, 0.1) is 20.0 Å². The van der Waals surface area contributed by atoms with Crippen LogP contribution in [0.3, 0.4) is 0 Å². The number of benzene rings is 1. The van der Waals surface area contributed by atoms with Crippen LogP contribution in [0.1, 0.15) is 25.1 Å². The number of aromatic nitrogens is 4. The lowest BCUT2D eigenvalue weighted by Gasteiger charge is -2.17. The van der Waals surface area contributed by atoms with Gasteiger partial charge < -0.3 is 30.1 Å². The number of thioether (sulfide) groups is 1. The molecule has 10 nitrogen and oxygen atoms in total. The number of fused-ring (bicyclic) bond motifs is 1. The second kappa shape index (κ2) is 10.0. The van der Waals surface area contributed by atoms with Gasteiger partial charge in [-0.15, -0.1) is 0 Å². The molecule has 1 fully saturated rings. The minimum atomic E-state index is -1.22. The van der Waals surface area contributed by atoms with Gasteiger partial charge in [-0.1, -0.05) is 30.8 Å². The summed E-state index contributed by atoms with van der Waals surface area (Å²) in [5.74, 6) is 2.20. The van der Waals surface area contributed by atoms with Gasteiger partial charge in [0, 0.05) is 12.3 Å². The first-order valence-corrected chi connectivity index (χ1v) is 11.4. The van der Waals surface area contributed by atoms with E-state index in [-0.39, 0.29) is 0 Å². The number of hydrogen-bond acceptors (Lipinski definition) is 10. The second-order valence-corrected chi connectivity index (χ2v) is 8.52. The quantitative estimate of drug-likeness (QED) is 0.275. The molecule has 1 aliphatic rings. The van der Waals surface area contributed by atoms with Crippen LogP contribution in [0.5, 0.6) is 5.75 Å². The minimum absolute atomic E-state index is 0.400. The normalized spacial score (nSPS) is 23.0. The Labute approximate surface area is 189 Å². The fourth-order valence-electron chi connectivity index (χ4n) is 3.50. The Hall–Kier alpha value is -2.44. The van der Waals surface area contributed by atoms with Crippen molar-refractivity contribution in [1.29, 1.82) is 0 Å². The molecule has 4 rings (SSSR count). The molecule has 1 saturated heterocycles. The highest BCUT2D eigenvalue weighted by Crippen LogP contribution is 2.33. The van der Waals surface area contributed by atoms with Crippen LogP contribution in [-0.2, 0) is 11.3 Å². The van der Waals surface area contributed by atoms with Crippen molar-refractivity contribution in [2.24, 2.45) is 0 Å². The van der Waals surface area contributed by atoms with Crippen molar-refractivity contribution in [2.75, 3.05) is 24.8 Å². The van der Waals surface area contributed by atoms with E-state index < -0.39 is 31.1 Å². The van der Waals surface area contributed by atoms with Gasteiger partial charge in [0.1, 0.15) is 24.1 Å². The molecular weight excluding hydrogens is 434 g/mol. The largest absolute Gasteiger partial charge is 0.497 e. The number of aliphatic hydroxyl groups is 3. The summed E-state index contributed by atoms with van der Waals surface area (Å²) >= 11 is 1.52. The molecule has 172 valence electrons. The number of imidazole rings is 1. The van der Waals surface area contributed by atoms with Gasteiger partial charge in [-0.3, -0.25) is 4.57 Å². The zero-order valence-electron chi connectivity index (χ0n) is 17.9. The summed E-state index contributed by atoms with van der Waals surface area (Å²) in [6.45, 7) is 2.20. The van der Waals surface area contributed by atoms with E-state index in [1.54, 1.807) is 11.7 Å². The van der Waals surface area contributed by atoms with Crippen molar-refractivity contribution in [1.82, 2.24) is 19.5 Å². The Morgan fingerprint density at radius 3 is 2.62 bits per heavy atom. The molecule has 4 atom stereocenters. The lowest BCUT2D eigenvalue weighted by Crippen LogP contribution is -2.33. The average molecular weight is 462 g/mol. The molecule has 32 heavy (non-hydrogen) atoms. The Kier molecular flexibility index (Phi) is 7.11. The topological polar surface area (TPSA) is 135 Å². The average Bonchev–Trinajstić information content (AvgIpc) is 3.37. The number of aliphatic hydroxyl groups excluding tert-OH is 3. The van der Waals surface area contributed by atoms with Crippen LogP contribution in [-0.4, -0.2) is 72.6 Å². The molecular formula is C21H27N5O5S. The van der Waals surface area contributed by atoms with Crippen molar-refractivity contribution < 1.29 is 24.8 Å². The molecule has 0 unspecified atom stereocenters. The van der Waals surface area contributed by atoms with E-state index in [2.05, 4.69) is 27.2 Å². The molecule has 11 heteroatoms. The van der Waals surface area contributed by atoms with Gasteiger partial charge in [0.2, 0.25) is 0 Å². The van der Waals surface area contributed by atoms with Gasteiger partial charge >= 0.3 is 0 Å². The number of hydrogen-bond donors (Lipinski definition) is 4. The lowest BCUT2D eigenvalue weighted by molar-refractivity contribution is -0.0511. The molecule has 0 radical (unpaired) electrons. The highest BCUT2D eigenvalue weighted by atomic mass is 32.2. The molecule has 0 amide bonds.